The molecule has 0 saturated carbocycles. The van der Waals surface area contributed by atoms with Crippen molar-refractivity contribution in [3.63, 3.8) is 0 Å². The van der Waals surface area contributed by atoms with Gasteiger partial charge < -0.3 is 0 Å². The van der Waals surface area contributed by atoms with Crippen LogP contribution < -0.4 is 0 Å². The van der Waals surface area contributed by atoms with Gasteiger partial charge in [-0.1, -0.05) is 48.5 Å². The van der Waals surface area contributed by atoms with Crippen LogP contribution in [0.5, 0.6) is 0 Å². The Morgan fingerprint density at radius 1 is 1.08 bits per heavy atom. The summed E-state index contributed by atoms with van der Waals surface area (Å²) >= 11 is 0. The first kappa shape index (κ1) is 12.0. The molecule has 73 valence electrons. The highest BCUT2D eigenvalue weighted by atomic mass is 14.3. The third-order valence-electron chi connectivity index (χ3n) is 1.91. The number of hydrogen-bond donors (Lipinski definition) is 0. The van der Waals surface area contributed by atoms with Crippen LogP contribution in [0.15, 0.2) is 0 Å². The van der Waals surface area contributed by atoms with E-state index >= 15 is 0 Å². The highest BCUT2D eigenvalue weighted by Crippen LogP contribution is 2.37. The Kier molecular flexibility index (Phi) is 3.81. The second-order valence-corrected chi connectivity index (χ2v) is 6.21. The summed E-state index contributed by atoms with van der Waals surface area (Å²) in [5, 5.41) is 0. The zero-order valence-corrected chi connectivity index (χ0v) is 9.70. The molecule has 0 aliphatic carbocycles. The Morgan fingerprint density at radius 3 is 1.75 bits per heavy atom. The van der Waals surface area contributed by atoms with Crippen LogP contribution in [0.25, 0.3) is 0 Å². The maximum absolute atomic E-state index is 4.05. The van der Waals surface area contributed by atoms with E-state index < -0.39 is 0 Å². The smallest absolute Gasteiger partial charge is 0.0347 e. The SMILES string of the molecule is [CH2]C(C)CC(C)(C)CC(C)(C)C. The Bertz CT molecular complexity index is 123. The summed E-state index contributed by atoms with van der Waals surface area (Å²) in [4.78, 5) is 0. The molecule has 1 unspecified atom stereocenters. The van der Waals surface area contributed by atoms with Crippen LogP contribution in [-0.4, -0.2) is 0 Å². The second kappa shape index (κ2) is 3.81. The molecular weight excluding hydrogens is 144 g/mol. The fourth-order valence-electron chi connectivity index (χ4n) is 2.45. The quantitative estimate of drug-likeness (QED) is 0.590. The normalized spacial score (nSPS) is 14.0. The summed E-state index contributed by atoms with van der Waals surface area (Å²) in [5.41, 5.74) is 0.887. The molecule has 0 amide bonds. The Balaban J connectivity index is 4.04. The van der Waals surface area contributed by atoms with Gasteiger partial charge in [0.15, 0.2) is 0 Å². The topological polar surface area (TPSA) is 0 Å². The molecule has 1 radical (unpaired) electrons. The van der Waals surface area contributed by atoms with Crippen LogP contribution in [0.3, 0.4) is 0 Å². The Labute approximate surface area is 78.8 Å². The van der Waals surface area contributed by atoms with Gasteiger partial charge in [-0.25, -0.2) is 0 Å². The summed E-state index contributed by atoms with van der Waals surface area (Å²) in [5.74, 6) is 0.572. The van der Waals surface area contributed by atoms with Gasteiger partial charge in [0.1, 0.15) is 0 Å². The van der Waals surface area contributed by atoms with Crippen LogP contribution >= 0.6 is 0 Å². The summed E-state index contributed by atoms with van der Waals surface area (Å²) in [6, 6.07) is 0. The molecule has 1 atom stereocenters. The molecule has 0 spiro atoms. The maximum atomic E-state index is 4.05. The molecule has 0 aromatic carbocycles. The van der Waals surface area contributed by atoms with E-state index in [0.717, 1.165) is 0 Å². The van der Waals surface area contributed by atoms with Crippen LogP contribution in [-0.2, 0) is 0 Å². The van der Waals surface area contributed by atoms with Gasteiger partial charge in [0.25, 0.3) is 0 Å². The molecule has 0 aromatic rings. The van der Waals surface area contributed by atoms with E-state index in [-0.39, 0.29) is 0 Å². The van der Waals surface area contributed by atoms with E-state index in [0.29, 0.717) is 16.7 Å². The van der Waals surface area contributed by atoms with Gasteiger partial charge in [-0.3, -0.25) is 0 Å². The van der Waals surface area contributed by atoms with E-state index in [9.17, 15) is 0 Å². The third-order valence-corrected chi connectivity index (χ3v) is 1.91. The monoisotopic (exact) mass is 169 g/mol. The molecule has 0 bridgehead atoms. The van der Waals surface area contributed by atoms with Crippen molar-refractivity contribution in [2.75, 3.05) is 0 Å². The van der Waals surface area contributed by atoms with Crippen molar-refractivity contribution in [3.05, 3.63) is 6.92 Å². The zero-order chi connectivity index (χ0) is 9.99. The largest absolute Gasteiger partial charge is 0.0625 e. The third kappa shape index (κ3) is 6.69. The van der Waals surface area contributed by atoms with E-state index in [1.165, 1.54) is 12.8 Å². The van der Waals surface area contributed by atoms with Gasteiger partial charge >= 0.3 is 0 Å². The highest BCUT2D eigenvalue weighted by Gasteiger charge is 2.25. The summed E-state index contributed by atoms with van der Waals surface area (Å²) in [7, 11) is 0. The second-order valence-electron chi connectivity index (χ2n) is 6.21. The molecule has 0 rings (SSSR count). The van der Waals surface area contributed by atoms with Crippen molar-refractivity contribution in [1.29, 1.82) is 0 Å². The number of hydrogen-bond acceptors (Lipinski definition) is 0. The molecule has 0 N–H and O–H groups in total. The lowest BCUT2D eigenvalue weighted by molar-refractivity contribution is 0.184. The van der Waals surface area contributed by atoms with Crippen molar-refractivity contribution in [2.45, 2.75) is 54.4 Å². The van der Waals surface area contributed by atoms with Crippen molar-refractivity contribution in [1.82, 2.24) is 0 Å². The molecule has 0 heterocycles. The fraction of sp³-hybridized carbons (Fsp3) is 0.917. The number of rotatable bonds is 3. The van der Waals surface area contributed by atoms with Crippen molar-refractivity contribution >= 4 is 0 Å². The van der Waals surface area contributed by atoms with E-state index in [2.05, 4.69) is 48.5 Å². The van der Waals surface area contributed by atoms with E-state index in [4.69, 9.17) is 0 Å². The Hall–Kier alpha value is 0. The van der Waals surface area contributed by atoms with Crippen LogP contribution in [0.4, 0.5) is 0 Å². The van der Waals surface area contributed by atoms with Gasteiger partial charge in [0, 0.05) is 0 Å². The molecule has 0 aliphatic rings. The Morgan fingerprint density at radius 2 is 1.50 bits per heavy atom. The molecule has 0 aliphatic heterocycles. The molecule has 0 aromatic heterocycles. The first-order chi connectivity index (χ1) is 5.12. The van der Waals surface area contributed by atoms with E-state index in [1.54, 1.807) is 0 Å². The van der Waals surface area contributed by atoms with Crippen LogP contribution in [0.2, 0.25) is 0 Å². The first-order valence-electron chi connectivity index (χ1n) is 4.95. The molecule has 0 fully saturated rings. The lowest BCUT2D eigenvalue weighted by Gasteiger charge is -2.33. The van der Waals surface area contributed by atoms with Gasteiger partial charge in [-0.2, -0.15) is 0 Å². The average molecular weight is 169 g/mol. The van der Waals surface area contributed by atoms with Crippen LogP contribution in [0.1, 0.15) is 54.4 Å². The minimum Gasteiger partial charge on any atom is -0.0625 e. The van der Waals surface area contributed by atoms with Crippen molar-refractivity contribution in [3.8, 4) is 0 Å². The minimum atomic E-state index is 0.443. The summed E-state index contributed by atoms with van der Waals surface area (Å²) in [6.07, 6.45) is 2.50. The zero-order valence-electron chi connectivity index (χ0n) is 9.70. The average Bonchev–Trinajstić information content (AvgIpc) is 1.48. The molecular formula is C12H25. The first-order valence-corrected chi connectivity index (χ1v) is 4.95. The van der Waals surface area contributed by atoms with Gasteiger partial charge in [-0.15, -0.1) is 0 Å². The molecule has 0 nitrogen and oxygen atoms in total. The lowest BCUT2D eigenvalue weighted by Crippen LogP contribution is -2.22. The fourth-order valence-corrected chi connectivity index (χ4v) is 2.45. The predicted molar refractivity (Wildman–Crippen MR) is 57.0 cm³/mol. The van der Waals surface area contributed by atoms with Gasteiger partial charge in [0.05, 0.1) is 0 Å². The minimum absolute atomic E-state index is 0.443. The van der Waals surface area contributed by atoms with Crippen LogP contribution in [0, 0.1) is 23.7 Å². The maximum Gasteiger partial charge on any atom is -0.0347 e. The highest BCUT2D eigenvalue weighted by molar-refractivity contribution is 4.78. The molecule has 12 heavy (non-hydrogen) atoms. The van der Waals surface area contributed by atoms with Gasteiger partial charge in [-0.05, 0) is 29.6 Å². The molecule has 0 saturated heterocycles. The standard InChI is InChI=1S/C12H25/c1-10(2)8-12(6,7)9-11(3,4)5/h10H,1,8-9H2,2-7H3. The van der Waals surface area contributed by atoms with Gasteiger partial charge in [0.2, 0.25) is 0 Å². The predicted octanol–water partition coefficient (Wildman–Crippen LogP) is 4.31. The summed E-state index contributed by atoms with van der Waals surface area (Å²) < 4.78 is 0. The van der Waals surface area contributed by atoms with E-state index in [1.807, 2.05) is 0 Å². The summed E-state index contributed by atoms with van der Waals surface area (Å²) in [6.45, 7) is 17.9. The van der Waals surface area contributed by atoms with Crippen molar-refractivity contribution < 1.29 is 0 Å². The van der Waals surface area contributed by atoms with Crippen molar-refractivity contribution in [2.24, 2.45) is 16.7 Å². The lowest BCUT2D eigenvalue weighted by atomic mass is 9.72. The molecule has 0 heteroatoms.